The molecular weight excluding hydrogens is 308 g/mol. The van der Waals surface area contributed by atoms with Crippen LogP contribution in [0.15, 0.2) is 30.3 Å². The summed E-state index contributed by atoms with van der Waals surface area (Å²) in [5, 5.41) is 6.72. The molecule has 4 atom stereocenters. The van der Waals surface area contributed by atoms with E-state index >= 15 is 0 Å². The van der Waals surface area contributed by atoms with Gasteiger partial charge < -0.3 is 10.6 Å². The standard InChI is InChI=1S/C18H26N2O2S/c1-23(22)12-17(14-5-3-2-4-6-14)20-18(21)11-13-9-15-7-8-16(10-13)19-15/h2-6,13,15-17,19H,7-12H2,1H3,(H,20,21). The summed E-state index contributed by atoms with van der Waals surface area (Å²) >= 11 is 0. The highest BCUT2D eigenvalue weighted by atomic mass is 32.2. The van der Waals surface area contributed by atoms with Crippen molar-refractivity contribution in [3.8, 4) is 0 Å². The molecule has 4 nitrogen and oxygen atoms in total. The molecule has 2 bridgehead atoms. The quantitative estimate of drug-likeness (QED) is 0.838. The number of nitrogens with one attached hydrogen (secondary N) is 2. The number of carbonyl (C=O) groups excluding carboxylic acids is 1. The molecular formula is C18H26N2O2S. The van der Waals surface area contributed by atoms with Crippen LogP contribution in [-0.4, -0.2) is 34.2 Å². The lowest BCUT2D eigenvalue weighted by atomic mass is 9.89. The van der Waals surface area contributed by atoms with Crippen molar-refractivity contribution in [2.24, 2.45) is 5.92 Å². The van der Waals surface area contributed by atoms with Gasteiger partial charge in [-0.2, -0.15) is 0 Å². The van der Waals surface area contributed by atoms with Crippen LogP contribution in [0, 0.1) is 5.92 Å². The number of amides is 1. The minimum absolute atomic E-state index is 0.0932. The highest BCUT2D eigenvalue weighted by molar-refractivity contribution is 7.84. The molecule has 5 heteroatoms. The van der Waals surface area contributed by atoms with Gasteiger partial charge in [0.25, 0.3) is 0 Å². The molecule has 2 aliphatic heterocycles. The molecule has 2 fully saturated rings. The van der Waals surface area contributed by atoms with Crippen LogP contribution in [0.5, 0.6) is 0 Å². The minimum atomic E-state index is -0.945. The van der Waals surface area contributed by atoms with E-state index in [-0.39, 0.29) is 11.9 Å². The van der Waals surface area contributed by atoms with Crippen molar-refractivity contribution in [1.82, 2.24) is 10.6 Å². The van der Waals surface area contributed by atoms with Gasteiger partial charge in [0, 0.05) is 41.3 Å². The molecule has 2 saturated heterocycles. The molecule has 0 saturated carbocycles. The average Bonchev–Trinajstić information content (AvgIpc) is 2.86. The lowest BCUT2D eigenvalue weighted by Gasteiger charge is -2.29. The van der Waals surface area contributed by atoms with E-state index in [0.717, 1.165) is 18.4 Å². The van der Waals surface area contributed by atoms with Crippen molar-refractivity contribution in [2.45, 2.75) is 50.2 Å². The van der Waals surface area contributed by atoms with Crippen molar-refractivity contribution in [3.05, 3.63) is 35.9 Å². The molecule has 23 heavy (non-hydrogen) atoms. The lowest BCUT2D eigenvalue weighted by Crippen LogP contribution is -2.40. The number of fused-ring (bicyclic) bond motifs is 2. The molecule has 4 unspecified atom stereocenters. The Labute approximate surface area is 140 Å². The Morgan fingerprint density at radius 1 is 1.26 bits per heavy atom. The van der Waals surface area contributed by atoms with Gasteiger partial charge >= 0.3 is 0 Å². The first kappa shape index (κ1) is 16.7. The summed E-state index contributed by atoms with van der Waals surface area (Å²) < 4.78 is 11.6. The largest absolute Gasteiger partial charge is 0.348 e. The van der Waals surface area contributed by atoms with Gasteiger partial charge in [0.1, 0.15) is 0 Å². The van der Waals surface area contributed by atoms with Gasteiger partial charge in [-0.05, 0) is 37.2 Å². The molecule has 1 aromatic carbocycles. The lowest BCUT2D eigenvalue weighted by molar-refractivity contribution is -0.122. The summed E-state index contributed by atoms with van der Waals surface area (Å²) in [7, 11) is -0.945. The first-order valence-electron chi connectivity index (χ1n) is 8.50. The van der Waals surface area contributed by atoms with E-state index in [1.807, 2.05) is 30.3 Å². The fourth-order valence-corrected chi connectivity index (χ4v) is 4.74. The van der Waals surface area contributed by atoms with Crippen LogP contribution in [0.1, 0.15) is 43.7 Å². The zero-order valence-corrected chi connectivity index (χ0v) is 14.5. The number of carbonyl (C=O) groups is 1. The third-order valence-corrected chi connectivity index (χ3v) is 5.79. The first-order chi connectivity index (χ1) is 11.1. The Morgan fingerprint density at radius 3 is 2.52 bits per heavy atom. The summed E-state index contributed by atoms with van der Waals surface area (Å²) in [6, 6.07) is 10.9. The van der Waals surface area contributed by atoms with Gasteiger partial charge in [0.15, 0.2) is 0 Å². The molecule has 2 heterocycles. The monoisotopic (exact) mass is 334 g/mol. The van der Waals surface area contributed by atoms with Crippen molar-refractivity contribution in [1.29, 1.82) is 0 Å². The summed E-state index contributed by atoms with van der Waals surface area (Å²) in [6.45, 7) is 0. The van der Waals surface area contributed by atoms with Crippen molar-refractivity contribution in [3.63, 3.8) is 0 Å². The third kappa shape index (κ3) is 4.64. The fraction of sp³-hybridized carbons (Fsp3) is 0.611. The molecule has 1 amide bonds. The SMILES string of the molecule is CS(=O)CC(NC(=O)CC1CC2CCC(C1)N2)c1ccccc1. The molecule has 126 valence electrons. The van der Waals surface area contributed by atoms with E-state index in [2.05, 4.69) is 10.6 Å². The molecule has 0 spiro atoms. The van der Waals surface area contributed by atoms with Gasteiger partial charge in [0.2, 0.25) is 5.91 Å². The van der Waals surface area contributed by atoms with Crippen LogP contribution in [-0.2, 0) is 15.6 Å². The summed E-state index contributed by atoms with van der Waals surface area (Å²) in [5.41, 5.74) is 1.03. The molecule has 0 aliphatic carbocycles. The van der Waals surface area contributed by atoms with E-state index in [4.69, 9.17) is 0 Å². The second-order valence-corrected chi connectivity index (χ2v) is 8.43. The smallest absolute Gasteiger partial charge is 0.220 e. The van der Waals surface area contributed by atoms with E-state index in [9.17, 15) is 9.00 Å². The summed E-state index contributed by atoms with van der Waals surface area (Å²) in [4.78, 5) is 12.5. The van der Waals surface area contributed by atoms with Gasteiger partial charge in [-0.15, -0.1) is 0 Å². The van der Waals surface area contributed by atoms with Crippen LogP contribution < -0.4 is 10.6 Å². The van der Waals surface area contributed by atoms with E-state index in [1.165, 1.54) is 12.8 Å². The van der Waals surface area contributed by atoms with Crippen LogP contribution >= 0.6 is 0 Å². The fourth-order valence-electron chi connectivity index (χ4n) is 4.00. The first-order valence-corrected chi connectivity index (χ1v) is 10.2. The van der Waals surface area contributed by atoms with E-state index in [1.54, 1.807) is 6.26 Å². The number of piperidine rings is 1. The zero-order chi connectivity index (χ0) is 16.2. The van der Waals surface area contributed by atoms with Crippen LogP contribution in [0.2, 0.25) is 0 Å². The number of rotatable bonds is 6. The Kier molecular flexibility index (Phi) is 5.49. The Bertz CT molecular complexity index is 551. The highest BCUT2D eigenvalue weighted by Crippen LogP contribution is 2.32. The van der Waals surface area contributed by atoms with Crippen molar-refractivity contribution in [2.75, 3.05) is 12.0 Å². The van der Waals surface area contributed by atoms with E-state index < -0.39 is 10.8 Å². The maximum atomic E-state index is 12.5. The predicted octanol–water partition coefficient (Wildman–Crippen LogP) is 2.14. The van der Waals surface area contributed by atoms with Crippen molar-refractivity contribution >= 4 is 16.7 Å². The zero-order valence-electron chi connectivity index (χ0n) is 13.7. The maximum absolute atomic E-state index is 12.5. The minimum Gasteiger partial charge on any atom is -0.348 e. The van der Waals surface area contributed by atoms with Gasteiger partial charge in [0.05, 0.1) is 6.04 Å². The molecule has 2 aliphatic rings. The second kappa shape index (κ2) is 7.58. The van der Waals surface area contributed by atoms with Gasteiger partial charge in [-0.3, -0.25) is 9.00 Å². The molecule has 0 radical (unpaired) electrons. The van der Waals surface area contributed by atoms with Gasteiger partial charge in [-0.1, -0.05) is 30.3 Å². The molecule has 0 aromatic heterocycles. The Morgan fingerprint density at radius 2 is 1.91 bits per heavy atom. The average molecular weight is 334 g/mol. The van der Waals surface area contributed by atoms with E-state index in [0.29, 0.717) is 30.2 Å². The number of hydrogen-bond acceptors (Lipinski definition) is 3. The topological polar surface area (TPSA) is 58.2 Å². The summed E-state index contributed by atoms with van der Waals surface area (Å²) in [5.74, 6) is 1.04. The molecule has 1 aromatic rings. The number of hydrogen-bond donors (Lipinski definition) is 2. The van der Waals surface area contributed by atoms with Crippen LogP contribution in [0.25, 0.3) is 0 Å². The number of benzene rings is 1. The maximum Gasteiger partial charge on any atom is 0.220 e. The Balaban J connectivity index is 1.58. The van der Waals surface area contributed by atoms with Crippen LogP contribution in [0.3, 0.4) is 0 Å². The molecule has 3 rings (SSSR count). The Hall–Kier alpha value is -1.20. The van der Waals surface area contributed by atoms with Gasteiger partial charge in [-0.25, -0.2) is 0 Å². The second-order valence-electron chi connectivity index (χ2n) is 6.95. The van der Waals surface area contributed by atoms with Crippen LogP contribution in [0.4, 0.5) is 0 Å². The third-order valence-electron chi connectivity index (χ3n) is 4.98. The predicted molar refractivity (Wildman–Crippen MR) is 93.5 cm³/mol. The molecule has 2 N–H and O–H groups in total. The van der Waals surface area contributed by atoms with Crippen molar-refractivity contribution < 1.29 is 9.00 Å². The highest BCUT2D eigenvalue weighted by Gasteiger charge is 2.34. The normalized spacial score (nSPS) is 29.0. The summed E-state index contributed by atoms with van der Waals surface area (Å²) in [6.07, 6.45) is 7.01.